The summed E-state index contributed by atoms with van der Waals surface area (Å²) in [5, 5.41) is 11.7. The summed E-state index contributed by atoms with van der Waals surface area (Å²) in [5.41, 5.74) is 1.16. The fourth-order valence-corrected chi connectivity index (χ4v) is 1.43. The highest BCUT2D eigenvalue weighted by atomic mass is 16.4. The molecular formula is C12H12N2O3. The number of pyridine rings is 1. The van der Waals surface area contributed by atoms with Gasteiger partial charge in [-0.1, -0.05) is 0 Å². The molecule has 5 nitrogen and oxygen atoms in total. The lowest BCUT2D eigenvalue weighted by Crippen LogP contribution is -2.04. The number of hydrogen-bond acceptors (Lipinski definition) is 4. The number of carboxylic acids is 1. The first kappa shape index (κ1) is 11.2. The van der Waals surface area contributed by atoms with E-state index >= 15 is 0 Å². The maximum Gasteiger partial charge on any atom is 0.371 e. The lowest BCUT2D eigenvalue weighted by Gasteiger charge is -2.02. The van der Waals surface area contributed by atoms with Gasteiger partial charge in [-0.25, -0.2) is 4.79 Å². The SMILES string of the molecule is O=C(O)c1ccc(NCCc2ccncc2)o1. The van der Waals surface area contributed by atoms with E-state index < -0.39 is 5.97 Å². The predicted molar refractivity (Wildman–Crippen MR) is 62.1 cm³/mol. The molecule has 17 heavy (non-hydrogen) atoms. The Balaban J connectivity index is 1.84. The summed E-state index contributed by atoms with van der Waals surface area (Å²) >= 11 is 0. The second-order valence-electron chi connectivity index (χ2n) is 3.50. The fraction of sp³-hybridized carbons (Fsp3) is 0.167. The van der Waals surface area contributed by atoms with Crippen LogP contribution in [0.2, 0.25) is 0 Å². The molecule has 2 aromatic rings. The summed E-state index contributed by atoms with van der Waals surface area (Å²) in [5.74, 6) is -0.653. The van der Waals surface area contributed by atoms with Crippen LogP contribution in [0.4, 0.5) is 5.88 Å². The van der Waals surface area contributed by atoms with Crippen LogP contribution < -0.4 is 5.32 Å². The third-order valence-corrected chi connectivity index (χ3v) is 2.28. The molecule has 0 atom stereocenters. The van der Waals surface area contributed by atoms with E-state index in [1.807, 2.05) is 12.1 Å². The van der Waals surface area contributed by atoms with Crippen LogP contribution in [-0.4, -0.2) is 22.6 Å². The zero-order valence-electron chi connectivity index (χ0n) is 9.09. The molecule has 2 N–H and O–H groups in total. The summed E-state index contributed by atoms with van der Waals surface area (Å²) in [4.78, 5) is 14.5. The van der Waals surface area contributed by atoms with Crippen LogP contribution >= 0.6 is 0 Å². The molecule has 2 rings (SSSR count). The third kappa shape index (κ3) is 3.07. The van der Waals surface area contributed by atoms with Crippen molar-refractivity contribution in [1.82, 2.24) is 4.98 Å². The number of hydrogen-bond donors (Lipinski definition) is 2. The van der Waals surface area contributed by atoms with Crippen molar-refractivity contribution in [1.29, 1.82) is 0 Å². The van der Waals surface area contributed by atoms with Gasteiger partial charge in [-0.2, -0.15) is 0 Å². The van der Waals surface area contributed by atoms with Gasteiger partial charge in [0.05, 0.1) is 0 Å². The lowest BCUT2D eigenvalue weighted by molar-refractivity contribution is 0.0663. The first-order valence-electron chi connectivity index (χ1n) is 5.21. The summed E-state index contributed by atoms with van der Waals surface area (Å²) in [7, 11) is 0. The Kier molecular flexibility index (Phi) is 3.40. The molecule has 0 spiro atoms. The van der Waals surface area contributed by atoms with Crippen molar-refractivity contribution in [2.45, 2.75) is 6.42 Å². The Morgan fingerprint density at radius 3 is 2.71 bits per heavy atom. The minimum atomic E-state index is -1.06. The zero-order valence-corrected chi connectivity index (χ0v) is 9.09. The van der Waals surface area contributed by atoms with Crippen molar-refractivity contribution < 1.29 is 14.3 Å². The highest BCUT2D eigenvalue weighted by molar-refractivity contribution is 5.84. The van der Waals surface area contributed by atoms with Gasteiger partial charge < -0.3 is 14.8 Å². The van der Waals surface area contributed by atoms with E-state index in [-0.39, 0.29) is 5.76 Å². The van der Waals surface area contributed by atoms with Gasteiger partial charge in [0.2, 0.25) is 5.76 Å². The molecule has 0 aliphatic rings. The second-order valence-corrected chi connectivity index (χ2v) is 3.50. The number of nitrogens with zero attached hydrogens (tertiary/aromatic N) is 1. The van der Waals surface area contributed by atoms with Crippen molar-refractivity contribution in [3.63, 3.8) is 0 Å². The Hall–Kier alpha value is -2.30. The standard InChI is InChI=1S/C12H12N2O3/c15-12(16)10-1-2-11(17-10)14-8-5-9-3-6-13-7-4-9/h1-4,6-7,14H,5,8H2,(H,15,16). The Bertz CT molecular complexity index is 493. The lowest BCUT2D eigenvalue weighted by atomic mass is 10.2. The smallest absolute Gasteiger partial charge is 0.371 e. The van der Waals surface area contributed by atoms with Crippen LogP contribution in [0.5, 0.6) is 0 Å². The van der Waals surface area contributed by atoms with Crippen LogP contribution in [0.15, 0.2) is 41.1 Å². The van der Waals surface area contributed by atoms with Crippen molar-refractivity contribution >= 4 is 11.9 Å². The number of anilines is 1. The predicted octanol–water partition coefficient (Wildman–Crippen LogP) is 2.03. The summed E-state index contributed by atoms with van der Waals surface area (Å²) in [6, 6.07) is 6.91. The molecule has 0 radical (unpaired) electrons. The van der Waals surface area contributed by atoms with Gasteiger partial charge in [-0.15, -0.1) is 0 Å². The maximum atomic E-state index is 10.6. The number of carbonyl (C=O) groups is 1. The first-order valence-corrected chi connectivity index (χ1v) is 5.21. The van der Waals surface area contributed by atoms with E-state index in [9.17, 15) is 4.79 Å². The van der Waals surface area contributed by atoms with Crippen LogP contribution in [0.1, 0.15) is 16.1 Å². The molecule has 88 valence electrons. The molecule has 0 aliphatic carbocycles. The Morgan fingerprint density at radius 1 is 1.29 bits per heavy atom. The van der Waals surface area contributed by atoms with Gasteiger partial charge in [0, 0.05) is 25.0 Å². The number of nitrogens with one attached hydrogen (secondary N) is 1. The van der Waals surface area contributed by atoms with E-state index in [2.05, 4.69) is 10.3 Å². The van der Waals surface area contributed by atoms with Gasteiger partial charge in [-0.05, 0) is 30.2 Å². The van der Waals surface area contributed by atoms with Crippen LogP contribution in [-0.2, 0) is 6.42 Å². The third-order valence-electron chi connectivity index (χ3n) is 2.28. The van der Waals surface area contributed by atoms with Crippen molar-refractivity contribution in [2.75, 3.05) is 11.9 Å². The molecule has 0 amide bonds. The Labute approximate surface area is 98.1 Å². The molecule has 2 aromatic heterocycles. The van der Waals surface area contributed by atoms with Gasteiger partial charge >= 0.3 is 5.97 Å². The Morgan fingerprint density at radius 2 is 2.06 bits per heavy atom. The normalized spacial score (nSPS) is 10.1. The van der Waals surface area contributed by atoms with Crippen molar-refractivity contribution in [3.05, 3.63) is 48.0 Å². The van der Waals surface area contributed by atoms with E-state index in [1.54, 1.807) is 18.5 Å². The topological polar surface area (TPSA) is 75.4 Å². The van der Waals surface area contributed by atoms with Gasteiger partial charge in [0.15, 0.2) is 5.88 Å². The summed E-state index contributed by atoms with van der Waals surface area (Å²) < 4.78 is 5.06. The fourth-order valence-electron chi connectivity index (χ4n) is 1.43. The molecule has 5 heteroatoms. The average Bonchev–Trinajstić information content (AvgIpc) is 2.79. The van der Waals surface area contributed by atoms with Crippen molar-refractivity contribution in [3.8, 4) is 0 Å². The molecular weight excluding hydrogens is 220 g/mol. The van der Waals surface area contributed by atoms with E-state index in [0.717, 1.165) is 12.0 Å². The van der Waals surface area contributed by atoms with Gasteiger partial charge in [0.25, 0.3) is 0 Å². The molecule has 0 saturated heterocycles. The number of aromatic carboxylic acids is 1. The highest BCUT2D eigenvalue weighted by Gasteiger charge is 2.07. The molecule has 0 aromatic carbocycles. The van der Waals surface area contributed by atoms with Gasteiger partial charge in [-0.3, -0.25) is 4.98 Å². The van der Waals surface area contributed by atoms with Crippen LogP contribution in [0, 0.1) is 0 Å². The zero-order chi connectivity index (χ0) is 12.1. The number of furan rings is 1. The van der Waals surface area contributed by atoms with E-state index in [0.29, 0.717) is 12.4 Å². The molecule has 0 saturated carbocycles. The van der Waals surface area contributed by atoms with E-state index in [1.165, 1.54) is 6.07 Å². The number of carboxylic acid groups (broad SMARTS) is 1. The monoisotopic (exact) mass is 232 g/mol. The molecule has 0 aliphatic heterocycles. The molecule has 0 bridgehead atoms. The van der Waals surface area contributed by atoms with Crippen LogP contribution in [0.3, 0.4) is 0 Å². The van der Waals surface area contributed by atoms with Crippen LogP contribution in [0.25, 0.3) is 0 Å². The summed E-state index contributed by atoms with van der Waals surface area (Å²) in [6.45, 7) is 0.677. The average molecular weight is 232 g/mol. The molecule has 0 unspecified atom stereocenters. The molecule has 2 heterocycles. The minimum Gasteiger partial charge on any atom is -0.475 e. The van der Waals surface area contributed by atoms with E-state index in [4.69, 9.17) is 9.52 Å². The largest absolute Gasteiger partial charge is 0.475 e. The number of rotatable bonds is 5. The molecule has 0 fully saturated rings. The highest BCUT2D eigenvalue weighted by Crippen LogP contribution is 2.13. The second kappa shape index (κ2) is 5.16. The maximum absolute atomic E-state index is 10.6. The first-order chi connectivity index (χ1) is 8.25. The number of aromatic nitrogens is 1. The quantitative estimate of drug-likeness (QED) is 0.824. The minimum absolute atomic E-state index is 0.0589. The van der Waals surface area contributed by atoms with Gasteiger partial charge in [0.1, 0.15) is 0 Å². The summed E-state index contributed by atoms with van der Waals surface area (Å²) in [6.07, 6.45) is 4.31. The van der Waals surface area contributed by atoms with Crippen molar-refractivity contribution in [2.24, 2.45) is 0 Å².